The molecule has 0 aliphatic heterocycles. The van der Waals surface area contributed by atoms with Crippen molar-refractivity contribution in [1.82, 2.24) is 25.4 Å². The molecule has 0 fully saturated rings. The number of hydrogen-bond donors (Lipinski definition) is 2. The van der Waals surface area contributed by atoms with E-state index in [-0.39, 0.29) is 11.4 Å². The first-order valence-electron chi connectivity index (χ1n) is 5.91. The second-order valence-electron chi connectivity index (χ2n) is 3.85. The first kappa shape index (κ1) is 15.0. The fraction of sp³-hybridized carbons (Fsp3) is 0.167. The molecule has 3 amide bonds. The Labute approximate surface area is 123 Å². The maximum absolute atomic E-state index is 13.7. The van der Waals surface area contributed by atoms with E-state index in [1.54, 1.807) is 18.2 Å². The van der Waals surface area contributed by atoms with Gasteiger partial charge in [-0.3, -0.25) is 14.7 Å². The first-order valence-corrected chi connectivity index (χ1v) is 6.89. The molecule has 0 atom stereocenters. The minimum Gasteiger partial charge on any atom is -0.341 e. The number of carbonyl (C=O) groups is 2. The third kappa shape index (κ3) is 3.78. The van der Waals surface area contributed by atoms with Crippen LogP contribution in [0, 0.1) is 5.82 Å². The van der Waals surface area contributed by atoms with Crippen LogP contribution >= 0.6 is 11.8 Å². The lowest BCUT2D eigenvalue weighted by molar-refractivity contribution is -0.117. The summed E-state index contributed by atoms with van der Waals surface area (Å²) in [6.45, 7) is 0. The van der Waals surface area contributed by atoms with Gasteiger partial charge in [0.05, 0.1) is 11.4 Å². The van der Waals surface area contributed by atoms with Gasteiger partial charge >= 0.3 is 6.03 Å². The second-order valence-corrected chi connectivity index (χ2v) is 4.79. The van der Waals surface area contributed by atoms with Crippen molar-refractivity contribution < 1.29 is 14.0 Å². The summed E-state index contributed by atoms with van der Waals surface area (Å²) in [5, 5.41) is 12.3. The Morgan fingerprint density at radius 2 is 2.14 bits per heavy atom. The van der Waals surface area contributed by atoms with Crippen molar-refractivity contribution in [3.63, 3.8) is 0 Å². The van der Waals surface area contributed by atoms with Crippen LogP contribution in [0.3, 0.4) is 0 Å². The maximum atomic E-state index is 13.7. The Morgan fingerprint density at radius 1 is 1.38 bits per heavy atom. The smallest absolute Gasteiger partial charge is 0.321 e. The van der Waals surface area contributed by atoms with Crippen molar-refractivity contribution in [2.75, 3.05) is 12.8 Å². The van der Waals surface area contributed by atoms with E-state index in [0.717, 1.165) is 11.8 Å². The van der Waals surface area contributed by atoms with Gasteiger partial charge in [-0.05, 0) is 12.1 Å². The quantitative estimate of drug-likeness (QED) is 0.821. The molecule has 0 aliphatic carbocycles. The van der Waals surface area contributed by atoms with Gasteiger partial charge in [0.1, 0.15) is 12.1 Å². The molecule has 1 aromatic heterocycles. The van der Waals surface area contributed by atoms with Gasteiger partial charge in [-0.25, -0.2) is 9.18 Å². The highest BCUT2D eigenvalue weighted by Gasteiger charge is 2.13. The van der Waals surface area contributed by atoms with Crippen LogP contribution in [0.2, 0.25) is 0 Å². The molecular formula is C12H12FN5O2S. The highest BCUT2D eigenvalue weighted by Crippen LogP contribution is 2.20. The number of nitrogens with one attached hydrogen (secondary N) is 2. The van der Waals surface area contributed by atoms with Crippen LogP contribution in [0.15, 0.2) is 35.7 Å². The number of nitrogens with zero attached hydrogens (tertiary/aromatic N) is 3. The monoisotopic (exact) mass is 309 g/mol. The number of aromatic nitrogens is 3. The number of para-hydroxylation sites is 1. The molecule has 2 N–H and O–H groups in total. The number of imide groups is 1. The van der Waals surface area contributed by atoms with Crippen LogP contribution < -0.4 is 10.6 Å². The Morgan fingerprint density at radius 3 is 2.86 bits per heavy atom. The van der Waals surface area contributed by atoms with E-state index in [1.165, 1.54) is 24.0 Å². The van der Waals surface area contributed by atoms with Gasteiger partial charge in [-0.15, -0.1) is 10.2 Å². The molecule has 0 spiro atoms. The number of carbonyl (C=O) groups excluding carboxylic acids is 2. The van der Waals surface area contributed by atoms with Crippen LogP contribution in [0.25, 0.3) is 5.69 Å². The molecule has 0 saturated heterocycles. The number of thioether (sulfide) groups is 1. The zero-order valence-corrected chi connectivity index (χ0v) is 11.9. The molecule has 0 saturated carbocycles. The van der Waals surface area contributed by atoms with E-state index in [0.29, 0.717) is 5.16 Å². The van der Waals surface area contributed by atoms with Crippen LogP contribution in [-0.2, 0) is 4.79 Å². The lowest BCUT2D eigenvalue weighted by Gasteiger charge is -2.07. The van der Waals surface area contributed by atoms with E-state index in [9.17, 15) is 14.0 Å². The topological polar surface area (TPSA) is 88.9 Å². The fourth-order valence-electron chi connectivity index (χ4n) is 1.49. The summed E-state index contributed by atoms with van der Waals surface area (Å²) in [5.41, 5.74) is 0.289. The molecule has 0 radical (unpaired) electrons. The third-order valence-electron chi connectivity index (χ3n) is 2.44. The lowest BCUT2D eigenvalue weighted by Crippen LogP contribution is -2.38. The normalized spacial score (nSPS) is 10.2. The summed E-state index contributed by atoms with van der Waals surface area (Å²) >= 11 is 1.05. The molecular weight excluding hydrogens is 297 g/mol. The summed E-state index contributed by atoms with van der Waals surface area (Å²) in [7, 11) is 1.41. The summed E-state index contributed by atoms with van der Waals surface area (Å²) < 4.78 is 15.2. The molecule has 0 aliphatic rings. The fourth-order valence-corrected chi connectivity index (χ4v) is 2.21. The largest absolute Gasteiger partial charge is 0.341 e. The molecule has 2 aromatic rings. The highest BCUT2D eigenvalue weighted by atomic mass is 32.2. The molecule has 1 heterocycles. The number of urea groups is 1. The second kappa shape index (κ2) is 6.84. The minimum atomic E-state index is -0.587. The molecule has 7 nitrogen and oxygen atoms in total. The van der Waals surface area contributed by atoms with E-state index in [4.69, 9.17) is 0 Å². The van der Waals surface area contributed by atoms with Crippen LogP contribution in [-0.4, -0.2) is 39.5 Å². The van der Waals surface area contributed by atoms with E-state index in [2.05, 4.69) is 20.8 Å². The van der Waals surface area contributed by atoms with Crippen LogP contribution in [0.5, 0.6) is 0 Å². The Hall–Kier alpha value is -2.42. The Bertz CT molecular complexity index is 661. The molecule has 9 heteroatoms. The zero-order chi connectivity index (χ0) is 15.2. The Balaban J connectivity index is 2.06. The van der Waals surface area contributed by atoms with Crippen molar-refractivity contribution >= 4 is 23.7 Å². The lowest BCUT2D eigenvalue weighted by atomic mass is 10.3. The number of benzene rings is 1. The standard InChI is InChI=1S/C12H12FN5O2S/c1-14-11(20)16-10(19)6-21-12-17-15-7-18(12)9-5-3-2-4-8(9)13/h2-5,7H,6H2,1H3,(H2,14,16,19,20). The van der Waals surface area contributed by atoms with Gasteiger partial charge in [-0.1, -0.05) is 23.9 Å². The van der Waals surface area contributed by atoms with Crippen LogP contribution in [0.4, 0.5) is 9.18 Å². The van der Waals surface area contributed by atoms with Crippen molar-refractivity contribution in [1.29, 1.82) is 0 Å². The van der Waals surface area contributed by atoms with Crippen molar-refractivity contribution in [3.8, 4) is 5.69 Å². The number of amides is 3. The summed E-state index contributed by atoms with van der Waals surface area (Å²) in [5.74, 6) is -0.947. The summed E-state index contributed by atoms with van der Waals surface area (Å²) in [6.07, 6.45) is 1.36. The van der Waals surface area contributed by atoms with Crippen molar-refractivity contribution in [3.05, 3.63) is 36.4 Å². The van der Waals surface area contributed by atoms with Gasteiger partial charge in [0, 0.05) is 7.05 Å². The van der Waals surface area contributed by atoms with Crippen LogP contribution in [0.1, 0.15) is 0 Å². The van der Waals surface area contributed by atoms with Crippen molar-refractivity contribution in [2.45, 2.75) is 5.16 Å². The summed E-state index contributed by atoms with van der Waals surface area (Å²) in [6, 6.07) is 5.57. The van der Waals surface area contributed by atoms with E-state index < -0.39 is 17.8 Å². The SMILES string of the molecule is CNC(=O)NC(=O)CSc1nncn1-c1ccccc1F. The molecule has 2 rings (SSSR count). The molecule has 1 aromatic carbocycles. The predicted molar refractivity (Wildman–Crippen MR) is 74.6 cm³/mol. The zero-order valence-electron chi connectivity index (χ0n) is 11.0. The average Bonchev–Trinajstić information content (AvgIpc) is 2.93. The van der Waals surface area contributed by atoms with E-state index in [1.807, 2.05) is 0 Å². The van der Waals surface area contributed by atoms with Gasteiger partial charge in [0.15, 0.2) is 5.16 Å². The highest BCUT2D eigenvalue weighted by molar-refractivity contribution is 7.99. The van der Waals surface area contributed by atoms with E-state index >= 15 is 0 Å². The predicted octanol–water partition coefficient (Wildman–Crippen LogP) is 0.954. The number of halogens is 1. The number of hydrogen-bond acceptors (Lipinski definition) is 5. The molecule has 110 valence electrons. The van der Waals surface area contributed by atoms with Gasteiger partial charge in [-0.2, -0.15) is 0 Å². The summed E-state index contributed by atoms with van der Waals surface area (Å²) in [4.78, 5) is 22.5. The minimum absolute atomic E-state index is 0.0411. The van der Waals surface area contributed by atoms with Gasteiger partial charge in [0.2, 0.25) is 5.91 Å². The molecule has 0 unspecified atom stereocenters. The van der Waals surface area contributed by atoms with Crippen molar-refractivity contribution in [2.24, 2.45) is 0 Å². The molecule has 0 bridgehead atoms. The van der Waals surface area contributed by atoms with Gasteiger partial charge < -0.3 is 5.32 Å². The maximum Gasteiger partial charge on any atom is 0.321 e. The first-order chi connectivity index (χ1) is 10.1. The third-order valence-corrected chi connectivity index (χ3v) is 3.38. The van der Waals surface area contributed by atoms with Gasteiger partial charge in [0.25, 0.3) is 0 Å². The average molecular weight is 309 g/mol. The number of rotatable bonds is 4. The molecule has 21 heavy (non-hydrogen) atoms. The Kier molecular flexibility index (Phi) is 4.88.